The number of carbonyl (C=O) groups is 1. The summed E-state index contributed by atoms with van der Waals surface area (Å²) in [5, 5.41) is 4.25. The molecule has 0 aliphatic carbocycles. The number of benzene rings is 1. The Kier molecular flexibility index (Phi) is 5.93. The third-order valence-corrected chi connectivity index (χ3v) is 6.80. The number of oxime groups is 1. The van der Waals surface area contributed by atoms with Gasteiger partial charge in [-0.15, -0.1) is 0 Å². The molecular formula is C23H34N4O2. The molecule has 1 amide bonds. The Morgan fingerprint density at radius 1 is 1.17 bits per heavy atom. The van der Waals surface area contributed by atoms with E-state index in [2.05, 4.69) is 60.2 Å². The standard InChI is InChI=1S/C23H34N4O2/c1-4-18-5-7-19(8-6-18)16-26-14-11-23(17-26)15-21(24-29-23)22(28)27-12-9-20(10-13-27)25(2)3/h5-8,20H,4,9-17H2,1-3H3/t23-/m0/s1. The molecule has 3 heterocycles. The van der Waals surface area contributed by atoms with Gasteiger partial charge in [0, 0.05) is 51.6 Å². The van der Waals surface area contributed by atoms with E-state index >= 15 is 0 Å². The minimum absolute atomic E-state index is 0.0766. The zero-order valence-corrected chi connectivity index (χ0v) is 18.1. The fraction of sp³-hybridized carbons (Fsp3) is 0.652. The van der Waals surface area contributed by atoms with Crippen molar-refractivity contribution in [1.82, 2.24) is 14.7 Å². The number of nitrogens with zero attached hydrogens (tertiary/aromatic N) is 4. The van der Waals surface area contributed by atoms with E-state index in [4.69, 9.17) is 4.84 Å². The van der Waals surface area contributed by atoms with Crippen LogP contribution in [0.5, 0.6) is 0 Å². The molecule has 29 heavy (non-hydrogen) atoms. The summed E-state index contributed by atoms with van der Waals surface area (Å²) in [5.41, 5.74) is 3.01. The molecule has 0 bridgehead atoms. The first-order chi connectivity index (χ1) is 14.0. The summed E-state index contributed by atoms with van der Waals surface area (Å²) in [6, 6.07) is 9.45. The van der Waals surface area contributed by atoms with E-state index in [0.717, 1.165) is 58.4 Å². The van der Waals surface area contributed by atoms with Gasteiger partial charge in [0.25, 0.3) is 5.91 Å². The minimum atomic E-state index is -0.309. The van der Waals surface area contributed by atoms with Gasteiger partial charge in [0.1, 0.15) is 5.71 Å². The summed E-state index contributed by atoms with van der Waals surface area (Å²) in [6.45, 7) is 6.56. The maximum Gasteiger partial charge on any atom is 0.271 e. The topological polar surface area (TPSA) is 48.4 Å². The Labute approximate surface area is 174 Å². The Morgan fingerprint density at radius 2 is 1.86 bits per heavy atom. The van der Waals surface area contributed by atoms with Crippen molar-refractivity contribution in [2.24, 2.45) is 5.16 Å². The van der Waals surface area contributed by atoms with Crippen LogP contribution < -0.4 is 0 Å². The highest BCUT2D eigenvalue weighted by atomic mass is 16.7. The van der Waals surface area contributed by atoms with E-state index in [1.54, 1.807) is 0 Å². The molecule has 2 saturated heterocycles. The van der Waals surface area contributed by atoms with Gasteiger partial charge in [0.15, 0.2) is 5.60 Å². The lowest BCUT2D eigenvalue weighted by Crippen LogP contribution is -2.47. The Hall–Kier alpha value is -1.92. The Morgan fingerprint density at radius 3 is 2.52 bits per heavy atom. The number of rotatable bonds is 5. The molecule has 0 radical (unpaired) electrons. The van der Waals surface area contributed by atoms with E-state index in [1.165, 1.54) is 11.1 Å². The summed E-state index contributed by atoms with van der Waals surface area (Å²) >= 11 is 0. The van der Waals surface area contributed by atoms with E-state index in [1.807, 2.05) is 4.90 Å². The number of hydrogen-bond acceptors (Lipinski definition) is 5. The second kappa shape index (κ2) is 8.44. The first-order valence-corrected chi connectivity index (χ1v) is 11.0. The highest BCUT2D eigenvalue weighted by Gasteiger charge is 2.47. The molecule has 2 fully saturated rings. The zero-order valence-electron chi connectivity index (χ0n) is 18.1. The van der Waals surface area contributed by atoms with E-state index < -0.39 is 0 Å². The average molecular weight is 399 g/mol. The highest BCUT2D eigenvalue weighted by Crippen LogP contribution is 2.35. The summed E-state index contributed by atoms with van der Waals surface area (Å²) in [5.74, 6) is 0.0766. The van der Waals surface area contributed by atoms with Crippen molar-refractivity contribution in [1.29, 1.82) is 0 Å². The molecule has 4 rings (SSSR count). The molecule has 1 aromatic carbocycles. The SMILES string of the molecule is CCc1ccc(CN2CC[C@]3(CC(C(=O)N4CCC(N(C)C)CC4)=NO3)C2)cc1. The third kappa shape index (κ3) is 4.48. The number of hydrogen-bond donors (Lipinski definition) is 0. The first kappa shape index (κ1) is 20.4. The molecule has 0 N–H and O–H groups in total. The van der Waals surface area contributed by atoms with Gasteiger partial charge in [-0.3, -0.25) is 9.69 Å². The van der Waals surface area contributed by atoms with Crippen molar-refractivity contribution in [3.63, 3.8) is 0 Å². The van der Waals surface area contributed by atoms with Gasteiger partial charge in [-0.2, -0.15) is 0 Å². The monoisotopic (exact) mass is 398 g/mol. The van der Waals surface area contributed by atoms with E-state index in [0.29, 0.717) is 18.2 Å². The third-order valence-electron chi connectivity index (χ3n) is 6.80. The predicted molar refractivity (Wildman–Crippen MR) is 115 cm³/mol. The van der Waals surface area contributed by atoms with Gasteiger partial charge in [0.05, 0.1) is 0 Å². The van der Waals surface area contributed by atoms with Gasteiger partial charge in [-0.05, 0) is 44.5 Å². The van der Waals surface area contributed by atoms with Gasteiger partial charge in [-0.25, -0.2) is 0 Å². The van der Waals surface area contributed by atoms with Crippen molar-refractivity contribution in [3.8, 4) is 0 Å². The van der Waals surface area contributed by atoms with Crippen LogP contribution in [0.2, 0.25) is 0 Å². The Balaban J connectivity index is 1.29. The van der Waals surface area contributed by atoms with E-state index in [-0.39, 0.29) is 11.5 Å². The molecule has 158 valence electrons. The van der Waals surface area contributed by atoms with Crippen molar-refractivity contribution < 1.29 is 9.63 Å². The second-order valence-corrected chi connectivity index (χ2v) is 9.11. The molecule has 1 aromatic rings. The van der Waals surface area contributed by atoms with Crippen LogP contribution in [0.15, 0.2) is 29.4 Å². The van der Waals surface area contributed by atoms with Gasteiger partial charge < -0.3 is 14.6 Å². The number of likely N-dealkylation sites (tertiary alicyclic amines) is 2. The molecule has 3 aliphatic rings. The zero-order chi connectivity index (χ0) is 20.4. The van der Waals surface area contributed by atoms with Crippen molar-refractivity contribution in [2.45, 2.75) is 57.2 Å². The highest BCUT2D eigenvalue weighted by molar-refractivity contribution is 6.39. The summed E-state index contributed by atoms with van der Waals surface area (Å²) < 4.78 is 0. The molecule has 0 saturated carbocycles. The number of carbonyl (C=O) groups excluding carboxylic acids is 1. The van der Waals surface area contributed by atoms with Crippen LogP contribution in [0, 0.1) is 0 Å². The van der Waals surface area contributed by atoms with Gasteiger partial charge in [-0.1, -0.05) is 36.3 Å². The van der Waals surface area contributed by atoms with Crippen molar-refractivity contribution >= 4 is 11.6 Å². The lowest BCUT2D eigenvalue weighted by atomic mass is 9.95. The molecule has 6 nitrogen and oxygen atoms in total. The summed E-state index contributed by atoms with van der Waals surface area (Å²) in [6.07, 6.45) is 4.71. The number of aryl methyl sites for hydroxylation is 1. The Bertz CT molecular complexity index is 753. The largest absolute Gasteiger partial charge is 0.387 e. The lowest BCUT2D eigenvalue weighted by molar-refractivity contribution is -0.125. The lowest BCUT2D eigenvalue weighted by Gasteiger charge is -2.35. The van der Waals surface area contributed by atoms with Crippen LogP contribution in [-0.4, -0.2) is 78.2 Å². The van der Waals surface area contributed by atoms with Gasteiger partial charge in [0.2, 0.25) is 0 Å². The fourth-order valence-corrected chi connectivity index (χ4v) is 4.82. The van der Waals surface area contributed by atoms with Crippen molar-refractivity contribution in [3.05, 3.63) is 35.4 Å². The molecule has 0 unspecified atom stereocenters. The molecule has 6 heteroatoms. The molecule has 1 atom stereocenters. The number of amides is 1. The van der Waals surface area contributed by atoms with Crippen molar-refractivity contribution in [2.75, 3.05) is 40.3 Å². The smallest absolute Gasteiger partial charge is 0.271 e. The van der Waals surface area contributed by atoms with Crippen LogP contribution in [0.1, 0.15) is 43.7 Å². The molecular weight excluding hydrogens is 364 g/mol. The minimum Gasteiger partial charge on any atom is -0.387 e. The van der Waals surface area contributed by atoms with E-state index in [9.17, 15) is 4.79 Å². The predicted octanol–water partition coefficient (Wildman–Crippen LogP) is 2.52. The van der Waals surface area contributed by atoms with Crippen LogP contribution in [0.3, 0.4) is 0 Å². The van der Waals surface area contributed by atoms with Crippen LogP contribution >= 0.6 is 0 Å². The van der Waals surface area contributed by atoms with Crippen LogP contribution in [-0.2, 0) is 22.6 Å². The normalized spacial score (nSPS) is 25.7. The van der Waals surface area contributed by atoms with Crippen LogP contribution in [0.25, 0.3) is 0 Å². The number of piperidine rings is 1. The van der Waals surface area contributed by atoms with Crippen LogP contribution in [0.4, 0.5) is 0 Å². The molecule has 1 spiro atoms. The maximum absolute atomic E-state index is 12.9. The summed E-state index contributed by atoms with van der Waals surface area (Å²) in [4.78, 5) is 25.5. The average Bonchev–Trinajstić information content (AvgIpc) is 3.34. The van der Waals surface area contributed by atoms with Gasteiger partial charge >= 0.3 is 0 Å². The molecule has 0 aromatic heterocycles. The summed E-state index contributed by atoms with van der Waals surface area (Å²) in [7, 11) is 4.23. The molecule has 3 aliphatic heterocycles. The first-order valence-electron chi connectivity index (χ1n) is 11.0. The second-order valence-electron chi connectivity index (χ2n) is 9.11. The maximum atomic E-state index is 12.9. The fourth-order valence-electron chi connectivity index (χ4n) is 4.82. The quantitative estimate of drug-likeness (QED) is 0.765.